The highest BCUT2D eigenvalue weighted by molar-refractivity contribution is 7.99. The van der Waals surface area contributed by atoms with Crippen LogP contribution in [0.15, 0.2) is 42.6 Å². The fourth-order valence-corrected chi connectivity index (χ4v) is 5.49. The first-order valence-corrected chi connectivity index (χ1v) is 12.3. The van der Waals surface area contributed by atoms with E-state index in [1.807, 2.05) is 24.3 Å². The van der Waals surface area contributed by atoms with Crippen LogP contribution < -0.4 is 10.6 Å². The molecule has 2 aliphatic heterocycles. The van der Waals surface area contributed by atoms with Crippen molar-refractivity contribution in [3.63, 3.8) is 0 Å². The number of thioether (sulfide) groups is 1. The van der Waals surface area contributed by atoms with E-state index in [1.165, 1.54) is 56.5 Å². The highest BCUT2D eigenvalue weighted by atomic mass is 35.5. The Bertz CT molecular complexity index is 833. The van der Waals surface area contributed by atoms with Crippen LogP contribution in [0.5, 0.6) is 0 Å². The monoisotopic (exact) mass is 444 g/mol. The van der Waals surface area contributed by atoms with E-state index in [0.29, 0.717) is 22.3 Å². The van der Waals surface area contributed by atoms with Gasteiger partial charge in [0.25, 0.3) is 5.91 Å². The number of halogens is 1. The van der Waals surface area contributed by atoms with Crippen molar-refractivity contribution < 1.29 is 4.79 Å². The van der Waals surface area contributed by atoms with Gasteiger partial charge in [-0.25, -0.2) is 4.98 Å². The second kappa shape index (κ2) is 10.5. The van der Waals surface area contributed by atoms with E-state index in [2.05, 4.69) is 32.3 Å². The Balaban J connectivity index is 1.30. The quantitative estimate of drug-likeness (QED) is 0.656. The number of hydrogen-bond acceptors (Lipinski definition) is 5. The van der Waals surface area contributed by atoms with Gasteiger partial charge in [-0.3, -0.25) is 4.79 Å². The predicted molar refractivity (Wildman–Crippen MR) is 127 cm³/mol. The normalized spacial score (nSPS) is 18.8. The summed E-state index contributed by atoms with van der Waals surface area (Å²) in [6.07, 6.45) is 6.66. The van der Waals surface area contributed by atoms with Crippen LogP contribution in [0, 0.1) is 5.92 Å². The standard InChI is InChI=1S/C23H29ClN4OS/c24-18-5-6-22(26-16-18)27-23(29)20-3-1-2-4-21(20)25-15-17-7-11-28(12-8-17)19-9-13-30-14-10-19/h1-6,16-17,19,25H,7-15H2,(H,26,27,29). The largest absolute Gasteiger partial charge is 0.384 e. The van der Waals surface area contributed by atoms with Crippen molar-refractivity contribution in [3.8, 4) is 0 Å². The summed E-state index contributed by atoms with van der Waals surface area (Å²) in [4.78, 5) is 19.6. The van der Waals surface area contributed by atoms with Gasteiger partial charge in [0.15, 0.2) is 0 Å². The number of likely N-dealkylation sites (tertiary alicyclic amines) is 1. The highest BCUT2D eigenvalue weighted by Crippen LogP contribution is 2.27. The maximum atomic E-state index is 12.8. The number of rotatable bonds is 6. The molecule has 2 saturated heterocycles. The number of hydrogen-bond donors (Lipinski definition) is 2. The number of pyridine rings is 1. The number of benzene rings is 1. The Hall–Kier alpha value is -1.76. The summed E-state index contributed by atoms with van der Waals surface area (Å²) < 4.78 is 0. The van der Waals surface area contributed by atoms with E-state index in [1.54, 1.807) is 12.1 Å². The van der Waals surface area contributed by atoms with Gasteiger partial charge in [0.05, 0.1) is 10.6 Å². The number of nitrogens with zero attached hydrogens (tertiary/aromatic N) is 2. The Morgan fingerprint density at radius 3 is 2.60 bits per heavy atom. The zero-order valence-corrected chi connectivity index (χ0v) is 18.7. The second-order valence-corrected chi connectivity index (χ2v) is 9.73. The fraction of sp³-hybridized carbons (Fsp3) is 0.478. The Morgan fingerprint density at radius 1 is 1.10 bits per heavy atom. The lowest BCUT2D eigenvalue weighted by atomic mass is 9.94. The Morgan fingerprint density at radius 2 is 1.87 bits per heavy atom. The van der Waals surface area contributed by atoms with E-state index in [0.717, 1.165) is 18.3 Å². The number of carbonyl (C=O) groups excluding carboxylic acids is 1. The van der Waals surface area contributed by atoms with Gasteiger partial charge in [0, 0.05) is 24.5 Å². The maximum absolute atomic E-state index is 12.8. The molecule has 1 aromatic carbocycles. The van der Waals surface area contributed by atoms with E-state index in [-0.39, 0.29) is 5.91 Å². The number of carbonyl (C=O) groups is 1. The summed E-state index contributed by atoms with van der Waals surface area (Å²) in [6.45, 7) is 3.30. The van der Waals surface area contributed by atoms with Crippen LogP contribution in [0.3, 0.4) is 0 Å². The summed E-state index contributed by atoms with van der Waals surface area (Å²) in [5, 5.41) is 6.92. The topological polar surface area (TPSA) is 57.3 Å². The molecule has 0 spiro atoms. The SMILES string of the molecule is O=C(Nc1ccc(Cl)cn1)c1ccccc1NCC1CCN(C2CCSCC2)CC1. The molecule has 2 N–H and O–H groups in total. The number of nitrogens with one attached hydrogen (secondary N) is 2. The zero-order valence-electron chi connectivity index (χ0n) is 17.1. The molecule has 0 bridgehead atoms. The van der Waals surface area contributed by atoms with E-state index < -0.39 is 0 Å². The van der Waals surface area contributed by atoms with Crippen LogP contribution in [-0.4, -0.2) is 53.0 Å². The van der Waals surface area contributed by atoms with Crippen LogP contribution >= 0.6 is 23.4 Å². The third-order valence-corrected chi connectivity index (χ3v) is 7.35. The zero-order chi connectivity index (χ0) is 20.8. The summed E-state index contributed by atoms with van der Waals surface area (Å²) in [5.74, 6) is 3.60. The maximum Gasteiger partial charge on any atom is 0.258 e. The van der Waals surface area contributed by atoms with Gasteiger partial charge in [0.2, 0.25) is 0 Å². The number of amides is 1. The van der Waals surface area contributed by atoms with Gasteiger partial charge < -0.3 is 15.5 Å². The molecule has 30 heavy (non-hydrogen) atoms. The van der Waals surface area contributed by atoms with E-state index in [4.69, 9.17) is 11.6 Å². The van der Waals surface area contributed by atoms with Crippen molar-refractivity contribution in [3.05, 3.63) is 53.2 Å². The van der Waals surface area contributed by atoms with Crippen LogP contribution in [0.2, 0.25) is 5.02 Å². The molecule has 2 aromatic rings. The van der Waals surface area contributed by atoms with Gasteiger partial charge in [0.1, 0.15) is 5.82 Å². The second-order valence-electron chi connectivity index (χ2n) is 8.07. The first-order valence-electron chi connectivity index (χ1n) is 10.8. The molecule has 2 aliphatic rings. The summed E-state index contributed by atoms with van der Waals surface area (Å²) >= 11 is 7.96. The molecule has 5 nitrogen and oxygen atoms in total. The number of aromatic nitrogens is 1. The average molecular weight is 445 g/mol. The highest BCUT2D eigenvalue weighted by Gasteiger charge is 2.26. The minimum atomic E-state index is -0.169. The van der Waals surface area contributed by atoms with Gasteiger partial charge in [-0.05, 0) is 80.5 Å². The number of anilines is 2. The van der Waals surface area contributed by atoms with Crippen molar-refractivity contribution in [2.24, 2.45) is 5.92 Å². The molecule has 0 saturated carbocycles. The van der Waals surface area contributed by atoms with Crippen molar-refractivity contribution in [1.29, 1.82) is 0 Å². The van der Waals surface area contributed by atoms with Gasteiger partial charge >= 0.3 is 0 Å². The van der Waals surface area contributed by atoms with Crippen LogP contribution in [0.1, 0.15) is 36.0 Å². The fourth-order valence-electron chi connectivity index (χ4n) is 4.30. The Labute approximate surface area is 188 Å². The smallest absolute Gasteiger partial charge is 0.258 e. The molecule has 160 valence electrons. The third kappa shape index (κ3) is 5.68. The molecule has 0 atom stereocenters. The summed E-state index contributed by atoms with van der Waals surface area (Å²) in [7, 11) is 0. The number of para-hydroxylation sites is 1. The van der Waals surface area contributed by atoms with Crippen molar-refractivity contribution in [2.75, 3.05) is 41.8 Å². The number of piperidine rings is 1. The minimum Gasteiger partial charge on any atom is -0.384 e. The molecular formula is C23H29ClN4OS. The molecule has 7 heteroatoms. The van der Waals surface area contributed by atoms with Gasteiger partial charge in [-0.2, -0.15) is 11.8 Å². The predicted octanol–water partition coefficient (Wildman–Crippen LogP) is 5.01. The molecule has 3 heterocycles. The van der Waals surface area contributed by atoms with Crippen molar-refractivity contribution >= 4 is 40.8 Å². The molecule has 0 radical (unpaired) electrons. The first kappa shape index (κ1) is 21.5. The van der Waals surface area contributed by atoms with Crippen LogP contribution in [0.4, 0.5) is 11.5 Å². The summed E-state index contributed by atoms with van der Waals surface area (Å²) in [5.41, 5.74) is 1.50. The molecule has 1 amide bonds. The van der Waals surface area contributed by atoms with Gasteiger partial charge in [-0.1, -0.05) is 23.7 Å². The van der Waals surface area contributed by atoms with Crippen molar-refractivity contribution in [2.45, 2.75) is 31.7 Å². The van der Waals surface area contributed by atoms with E-state index in [9.17, 15) is 4.79 Å². The van der Waals surface area contributed by atoms with Crippen LogP contribution in [0.25, 0.3) is 0 Å². The lowest BCUT2D eigenvalue weighted by molar-refractivity contribution is 0.102. The van der Waals surface area contributed by atoms with Crippen LogP contribution in [-0.2, 0) is 0 Å². The summed E-state index contributed by atoms with van der Waals surface area (Å²) in [6, 6.07) is 11.9. The Kier molecular flexibility index (Phi) is 7.52. The first-order chi connectivity index (χ1) is 14.7. The molecule has 1 aromatic heterocycles. The van der Waals surface area contributed by atoms with Gasteiger partial charge in [-0.15, -0.1) is 0 Å². The third-order valence-electron chi connectivity index (χ3n) is 6.08. The molecule has 2 fully saturated rings. The lowest BCUT2D eigenvalue weighted by Gasteiger charge is -2.39. The minimum absolute atomic E-state index is 0.169. The molecule has 0 aliphatic carbocycles. The lowest BCUT2D eigenvalue weighted by Crippen LogP contribution is -2.44. The molecular weight excluding hydrogens is 416 g/mol. The molecule has 0 unspecified atom stereocenters. The average Bonchev–Trinajstić information content (AvgIpc) is 2.80. The van der Waals surface area contributed by atoms with Crippen molar-refractivity contribution in [1.82, 2.24) is 9.88 Å². The van der Waals surface area contributed by atoms with E-state index >= 15 is 0 Å². The molecule has 4 rings (SSSR count).